The van der Waals surface area contributed by atoms with E-state index in [0.29, 0.717) is 17.0 Å². The zero-order chi connectivity index (χ0) is 12.7. The molecule has 7 nitrogen and oxygen atoms in total. The molecule has 0 unspecified atom stereocenters. The second-order valence-electron chi connectivity index (χ2n) is 4.29. The molecule has 1 aliphatic rings. The van der Waals surface area contributed by atoms with Crippen molar-refractivity contribution in [2.75, 3.05) is 18.9 Å². The fourth-order valence-corrected chi connectivity index (χ4v) is 2.19. The molecule has 0 spiro atoms. The van der Waals surface area contributed by atoms with Gasteiger partial charge < -0.3 is 15.9 Å². The summed E-state index contributed by atoms with van der Waals surface area (Å²) in [6.45, 7) is 0.0849. The topological polar surface area (TPSA) is 110 Å². The van der Waals surface area contributed by atoms with E-state index >= 15 is 0 Å². The largest absolute Gasteiger partial charge is 0.396 e. The number of imidazole rings is 1. The minimum atomic E-state index is 0.0339. The van der Waals surface area contributed by atoms with Crippen LogP contribution in [0, 0.1) is 11.8 Å². The van der Waals surface area contributed by atoms with Gasteiger partial charge in [0.2, 0.25) is 0 Å². The molecule has 3 rings (SSSR count). The van der Waals surface area contributed by atoms with Gasteiger partial charge in [0, 0.05) is 18.0 Å². The van der Waals surface area contributed by atoms with E-state index in [1.807, 2.05) is 6.20 Å². The van der Waals surface area contributed by atoms with Gasteiger partial charge >= 0.3 is 0 Å². The molecule has 0 aromatic carbocycles. The summed E-state index contributed by atoms with van der Waals surface area (Å²) in [6.07, 6.45) is 4.82. The van der Waals surface area contributed by atoms with Gasteiger partial charge in [-0.15, -0.1) is 0 Å². The first-order valence-electron chi connectivity index (χ1n) is 5.62. The molecule has 7 heteroatoms. The van der Waals surface area contributed by atoms with Crippen molar-refractivity contribution in [3.63, 3.8) is 0 Å². The van der Waals surface area contributed by atoms with Gasteiger partial charge in [-0.2, -0.15) is 0 Å². The van der Waals surface area contributed by atoms with Crippen molar-refractivity contribution in [1.82, 2.24) is 19.5 Å². The van der Waals surface area contributed by atoms with E-state index in [-0.39, 0.29) is 25.0 Å². The smallest absolute Gasteiger partial charge is 0.169 e. The lowest BCUT2D eigenvalue weighted by molar-refractivity contribution is 0.232. The number of nitrogen functional groups attached to an aromatic ring is 1. The van der Waals surface area contributed by atoms with Crippen LogP contribution in [0.3, 0.4) is 0 Å². The van der Waals surface area contributed by atoms with E-state index in [4.69, 9.17) is 15.9 Å². The summed E-state index contributed by atoms with van der Waals surface area (Å²) in [5.74, 6) is 0.406. The molecule has 1 saturated carbocycles. The van der Waals surface area contributed by atoms with Crippen molar-refractivity contribution in [3.8, 4) is 0 Å². The Bertz CT molecular complexity index is 609. The summed E-state index contributed by atoms with van der Waals surface area (Å²) < 4.78 is 1.74. The number of anilines is 1. The average Bonchev–Trinajstić information content (AvgIpc) is 2.90. The molecule has 0 radical (unpaired) electrons. The Hall–Kier alpha value is -1.99. The molecule has 4 N–H and O–H groups in total. The number of fused-ring (bicyclic) bond motifs is 1. The lowest BCUT2D eigenvalue weighted by Gasteiger charge is -1.95. The summed E-state index contributed by atoms with van der Waals surface area (Å²) in [6, 6.07) is 0. The Morgan fingerprint density at radius 2 is 1.94 bits per heavy atom. The summed E-state index contributed by atoms with van der Waals surface area (Å²) in [7, 11) is 0. The van der Waals surface area contributed by atoms with E-state index in [1.165, 1.54) is 6.33 Å². The molecule has 94 valence electrons. The predicted octanol–water partition coefficient (Wildman–Crippen LogP) is -0.520. The summed E-state index contributed by atoms with van der Waals surface area (Å²) in [5, 5.41) is 18.3. The maximum atomic E-state index is 9.14. The van der Waals surface area contributed by atoms with Crippen LogP contribution in [-0.2, 0) is 0 Å². The molecular weight excluding hydrogens is 234 g/mol. The van der Waals surface area contributed by atoms with E-state index in [0.717, 1.165) is 5.57 Å². The molecule has 2 aromatic rings. The number of nitrogens with zero attached hydrogens (tertiary/aromatic N) is 4. The van der Waals surface area contributed by atoms with Gasteiger partial charge in [-0.25, -0.2) is 15.0 Å². The number of aliphatic hydroxyl groups is 2. The fraction of sp³-hybridized carbons (Fsp3) is 0.364. The fourth-order valence-electron chi connectivity index (χ4n) is 2.19. The van der Waals surface area contributed by atoms with Crippen LogP contribution in [0.1, 0.15) is 0 Å². The molecule has 1 fully saturated rings. The molecule has 2 aromatic heterocycles. The third-order valence-corrected chi connectivity index (χ3v) is 3.30. The Labute approximate surface area is 103 Å². The number of hydrogen-bond acceptors (Lipinski definition) is 6. The van der Waals surface area contributed by atoms with Crippen LogP contribution in [0.15, 0.2) is 18.2 Å². The van der Waals surface area contributed by atoms with Gasteiger partial charge in [-0.1, -0.05) is 0 Å². The Kier molecular flexibility index (Phi) is 2.49. The monoisotopic (exact) mass is 247 g/mol. The normalized spacial score (nSPS) is 22.4. The maximum absolute atomic E-state index is 9.14. The van der Waals surface area contributed by atoms with E-state index < -0.39 is 0 Å². The lowest BCUT2D eigenvalue weighted by atomic mass is 10.3. The summed E-state index contributed by atoms with van der Waals surface area (Å²) >= 11 is 0. The number of hydrogen-bond donors (Lipinski definition) is 3. The van der Waals surface area contributed by atoms with Gasteiger partial charge in [0.15, 0.2) is 17.0 Å². The highest BCUT2D eigenvalue weighted by atomic mass is 16.3. The van der Waals surface area contributed by atoms with Crippen molar-refractivity contribution in [1.29, 1.82) is 0 Å². The first-order chi connectivity index (χ1) is 8.76. The molecule has 1 aliphatic carbocycles. The van der Waals surface area contributed by atoms with Crippen LogP contribution in [0.5, 0.6) is 0 Å². The quantitative estimate of drug-likeness (QED) is 0.673. The van der Waals surface area contributed by atoms with Crippen molar-refractivity contribution >= 4 is 23.2 Å². The van der Waals surface area contributed by atoms with Gasteiger partial charge in [0.05, 0.1) is 13.2 Å². The summed E-state index contributed by atoms with van der Waals surface area (Å²) in [4.78, 5) is 12.1. The van der Waals surface area contributed by atoms with Gasteiger partial charge in [-0.05, 0) is 5.57 Å². The van der Waals surface area contributed by atoms with Crippen LogP contribution in [-0.4, -0.2) is 42.9 Å². The number of aromatic nitrogens is 4. The van der Waals surface area contributed by atoms with Crippen LogP contribution >= 0.6 is 0 Å². The Morgan fingerprint density at radius 3 is 2.61 bits per heavy atom. The maximum Gasteiger partial charge on any atom is 0.169 e. The average molecular weight is 247 g/mol. The Morgan fingerprint density at radius 1 is 1.22 bits per heavy atom. The molecule has 0 aliphatic heterocycles. The van der Waals surface area contributed by atoms with Crippen molar-refractivity contribution in [3.05, 3.63) is 18.2 Å². The SMILES string of the molecule is Nc1ncnc2c1ncn2C=C1[C@H](CO)[C@H]1CO. The van der Waals surface area contributed by atoms with Crippen molar-refractivity contribution < 1.29 is 10.2 Å². The van der Waals surface area contributed by atoms with Crippen LogP contribution < -0.4 is 5.73 Å². The van der Waals surface area contributed by atoms with Crippen molar-refractivity contribution in [2.45, 2.75) is 0 Å². The number of nitrogens with two attached hydrogens (primary N) is 1. The molecule has 2 heterocycles. The standard InChI is InChI=1S/C11H13N5O2/c12-10-9-11(14-4-13-10)16(5-15-9)1-6-7(2-17)8(6)3-18/h1,4-5,7-8,17-18H,2-3H2,(H2,12,13,14)/t7-,8-/m0/s1. The Balaban J connectivity index is 2.02. The third-order valence-electron chi connectivity index (χ3n) is 3.30. The minimum absolute atomic E-state index is 0.0339. The minimum Gasteiger partial charge on any atom is -0.396 e. The predicted molar refractivity (Wildman–Crippen MR) is 65.2 cm³/mol. The molecule has 2 atom stereocenters. The number of aliphatic hydroxyl groups excluding tert-OH is 2. The van der Waals surface area contributed by atoms with E-state index in [9.17, 15) is 0 Å². The number of rotatable bonds is 3. The van der Waals surface area contributed by atoms with Crippen LogP contribution in [0.25, 0.3) is 17.4 Å². The van der Waals surface area contributed by atoms with E-state index in [2.05, 4.69) is 15.0 Å². The van der Waals surface area contributed by atoms with Gasteiger partial charge in [0.25, 0.3) is 0 Å². The van der Waals surface area contributed by atoms with Gasteiger partial charge in [-0.3, -0.25) is 4.57 Å². The first-order valence-corrected chi connectivity index (χ1v) is 5.62. The second-order valence-corrected chi connectivity index (χ2v) is 4.29. The highest BCUT2D eigenvalue weighted by Gasteiger charge is 2.43. The highest BCUT2D eigenvalue weighted by molar-refractivity contribution is 5.82. The molecule has 0 amide bonds. The first kappa shape index (κ1) is 11.1. The molecule has 18 heavy (non-hydrogen) atoms. The van der Waals surface area contributed by atoms with Crippen LogP contribution in [0.4, 0.5) is 5.82 Å². The zero-order valence-electron chi connectivity index (χ0n) is 9.56. The highest BCUT2D eigenvalue weighted by Crippen LogP contribution is 2.45. The molecule has 0 bridgehead atoms. The summed E-state index contributed by atoms with van der Waals surface area (Å²) in [5.41, 5.74) is 7.86. The third kappa shape index (κ3) is 1.56. The van der Waals surface area contributed by atoms with Gasteiger partial charge in [0.1, 0.15) is 12.7 Å². The van der Waals surface area contributed by atoms with Crippen LogP contribution in [0.2, 0.25) is 0 Å². The molecule has 0 saturated heterocycles. The zero-order valence-corrected chi connectivity index (χ0v) is 9.56. The second kappa shape index (κ2) is 4.04. The van der Waals surface area contributed by atoms with E-state index in [1.54, 1.807) is 10.9 Å². The molecular formula is C11H13N5O2. The van der Waals surface area contributed by atoms with Crippen molar-refractivity contribution in [2.24, 2.45) is 11.8 Å². The lowest BCUT2D eigenvalue weighted by Crippen LogP contribution is -1.94.